The minimum Gasteiger partial charge on any atom is -0.264 e. The number of aromatic nitrogens is 2. The van der Waals surface area contributed by atoms with Crippen LogP contribution in [0.5, 0.6) is 0 Å². The van der Waals surface area contributed by atoms with Gasteiger partial charge in [-0.2, -0.15) is 0 Å². The molecule has 0 fully saturated rings. The van der Waals surface area contributed by atoms with Gasteiger partial charge in [0.05, 0.1) is 0 Å². The number of hydrogen-bond donors (Lipinski definition) is 0. The summed E-state index contributed by atoms with van der Waals surface area (Å²) in [5, 5.41) is 5.05. The highest BCUT2D eigenvalue weighted by atomic mass is 14.7. The SMILES string of the molecule is Cc1cc(-c2cccnc2)ccc1-c1c2ccccc2c(-c2ccc(-c3cccnc3C)cc2)c2ccccc12. The quantitative estimate of drug-likeness (QED) is 0.219. The second-order valence-electron chi connectivity index (χ2n) is 10.3. The summed E-state index contributed by atoms with van der Waals surface area (Å²) in [5.41, 5.74) is 12.0. The van der Waals surface area contributed by atoms with E-state index in [0.29, 0.717) is 0 Å². The van der Waals surface area contributed by atoms with E-state index in [1.165, 1.54) is 66.1 Å². The van der Waals surface area contributed by atoms with E-state index < -0.39 is 0 Å². The van der Waals surface area contributed by atoms with Crippen LogP contribution in [0.2, 0.25) is 0 Å². The Kier molecular flexibility index (Phi) is 5.94. The summed E-state index contributed by atoms with van der Waals surface area (Å²) in [6.07, 6.45) is 5.59. The van der Waals surface area contributed by atoms with Gasteiger partial charge < -0.3 is 0 Å². The molecule has 7 aromatic rings. The van der Waals surface area contributed by atoms with Crippen LogP contribution in [0.4, 0.5) is 0 Å². The molecule has 2 aromatic heterocycles. The van der Waals surface area contributed by atoms with Crippen LogP contribution in [0, 0.1) is 13.8 Å². The monoisotopic (exact) mass is 512 g/mol. The van der Waals surface area contributed by atoms with Crippen molar-refractivity contribution in [2.24, 2.45) is 0 Å². The zero-order valence-corrected chi connectivity index (χ0v) is 22.6. The minimum absolute atomic E-state index is 1.04. The first-order valence-corrected chi connectivity index (χ1v) is 13.7. The molecule has 2 heteroatoms. The Balaban J connectivity index is 1.45. The summed E-state index contributed by atoms with van der Waals surface area (Å²) in [6.45, 7) is 4.28. The number of benzene rings is 5. The van der Waals surface area contributed by atoms with Crippen molar-refractivity contribution < 1.29 is 0 Å². The normalized spacial score (nSPS) is 11.2. The number of pyridine rings is 2. The molecule has 0 saturated heterocycles. The summed E-state index contributed by atoms with van der Waals surface area (Å²) in [7, 11) is 0. The average molecular weight is 513 g/mol. The van der Waals surface area contributed by atoms with Gasteiger partial charge in [-0.3, -0.25) is 9.97 Å². The lowest BCUT2D eigenvalue weighted by atomic mass is 9.84. The standard InChI is InChI=1S/C38H28N2/c1-25-23-29(30-9-7-21-39-24-30)19-20-31(25)38-35-12-5-3-10-33(35)37(34-11-4-6-13-36(34)38)28-17-15-27(16-18-28)32-14-8-22-40-26(32)2/h3-24H,1-2H3. The van der Waals surface area contributed by atoms with E-state index in [1.54, 1.807) is 0 Å². The molecule has 0 atom stereocenters. The first-order valence-electron chi connectivity index (χ1n) is 13.7. The fraction of sp³-hybridized carbons (Fsp3) is 0.0526. The zero-order chi connectivity index (χ0) is 27.1. The van der Waals surface area contributed by atoms with Crippen LogP contribution >= 0.6 is 0 Å². The van der Waals surface area contributed by atoms with Crippen LogP contribution in [0.25, 0.3) is 66.1 Å². The molecule has 0 radical (unpaired) electrons. The first-order chi connectivity index (χ1) is 19.7. The molecule has 0 aliphatic carbocycles. The third-order valence-electron chi connectivity index (χ3n) is 7.91. The van der Waals surface area contributed by atoms with Crippen LogP contribution in [0.3, 0.4) is 0 Å². The summed E-state index contributed by atoms with van der Waals surface area (Å²) in [6, 6.07) is 41.6. The van der Waals surface area contributed by atoms with Gasteiger partial charge in [-0.15, -0.1) is 0 Å². The highest BCUT2D eigenvalue weighted by molar-refractivity contribution is 6.21. The van der Waals surface area contributed by atoms with Crippen molar-refractivity contribution in [3.05, 3.63) is 145 Å². The maximum atomic E-state index is 4.48. The number of fused-ring (bicyclic) bond motifs is 2. The minimum atomic E-state index is 1.04. The van der Waals surface area contributed by atoms with Crippen molar-refractivity contribution >= 4 is 21.5 Å². The largest absolute Gasteiger partial charge is 0.264 e. The number of aryl methyl sites for hydroxylation is 2. The molecule has 0 unspecified atom stereocenters. The molecule has 40 heavy (non-hydrogen) atoms. The van der Waals surface area contributed by atoms with Crippen molar-refractivity contribution in [2.75, 3.05) is 0 Å². The summed E-state index contributed by atoms with van der Waals surface area (Å²) >= 11 is 0. The topological polar surface area (TPSA) is 25.8 Å². The predicted octanol–water partition coefficient (Wildman–Crippen LogP) is 10.1. The lowest BCUT2D eigenvalue weighted by Crippen LogP contribution is -1.93. The Hall–Kier alpha value is -5.08. The second-order valence-corrected chi connectivity index (χ2v) is 10.3. The molecule has 0 bridgehead atoms. The Morgan fingerprint density at radius 3 is 1.65 bits per heavy atom. The van der Waals surface area contributed by atoms with Gasteiger partial charge in [0, 0.05) is 29.8 Å². The molecule has 2 nitrogen and oxygen atoms in total. The van der Waals surface area contributed by atoms with Crippen molar-refractivity contribution in [2.45, 2.75) is 13.8 Å². The maximum Gasteiger partial charge on any atom is 0.0450 e. The fourth-order valence-electron chi connectivity index (χ4n) is 5.99. The lowest BCUT2D eigenvalue weighted by Gasteiger charge is -2.19. The molecule has 0 N–H and O–H groups in total. The molecular formula is C38H28N2. The van der Waals surface area contributed by atoms with Gasteiger partial charge >= 0.3 is 0 Å². The summed E-state index contributed by atoms with van der Waals surface area (Å²) < 4.78 is 0. The van der Waals surface area contributed by atoms with Gasteiger partial charge in [0.25, 0.3) is 0 Å². The first kappa shape index (κ1) is 24.0. The predicted molar refractivity (Wildman–Crippen MR) is 168 cm³/mol. The molecule has 0 spiro atoms. The molecule has 0 saturated carbocycles. The van der Waals surface area contributed by atoms with E-state index in [-0.39, 0.29) is 0 Å². The molecule has 0 aliphatic heterocycles. The van der Waals surface area contributed by atoms with Gasteiger partial charge in [0.1, 0.15) is 0 Å². The van der Waals surface area contributed by atoms with Gasteiger partial charge in [-0.25, -0.2) is 0 Å². The molecule has 0 amide bonds. The van der Waals surface area contributed by atoms with E-state index in [4.69, 9.17) is 0 Å². The maximum absolute atomic E-state index is 4.48. The van der Waals surface area contributed by atoms with E-state index in [0.717, 1.165) is 11.3 Å². The number of nitrogens with zero attached hydrogens (tertiary/aromatic N) is 2. The van der Waals surface area contributed by atoms with Crippen LogP contribution in [-0.2, 0) is 0 Å². The van der Waals surface area contributed by atoms with Crippen molar-refractivity contribution in [3.63, 3.8) is 0 Å². The van der Waals surface area contributed by atoms with E-state index in [9.17, 15) is 0 Å². The van der Waals surface area contributed by atoms with Crippen LogP contribution < -0.4 is 0 Å². The molecule has 5 aromatic carbocycles. The van der Waals surface area contributed by atoms with Crippen LogP contribution in [0.15, 0.2) is 134 Å². The molecular weight excluding hydrogens is 484 g/mol. The fourth-order valence-corrected chi connectivity index (χ4v) is 5.99. The second kappa shape index (κ2) is 9.91. The lowest BCUT2D eigenvalue weighted by molar-refractivity contribution is 1.20. The summed E-state index contributed by atoms with van der Waals surface area (Å²) in [4.78, 5) is 8.80. The van der Waals surface area contributed by atoms with Gasteiger partial charge in [-0.05, 0) is 92.0 Å². The van der Waals surface area contributed by atoms with Crippen molar-refractivity contribution in [1.29, 1.82) is 0 Å². The molecule has 0 aliphatic rings. The summed E-state index contributed by atoms with van der Waals surface area (Å²) in [5.74, 6) is 0. The third-order valence-corrected chi connectivity index (χ3v) is 7.91. The van der Waals surface area contributed by atoms with Crippen LogP contribution in [-0.4, -0.2) is 9.97 Å². The Bertz CT molecular complexity index is 1950. The molecule has 7 rings (SSSR count). The number of hydrogen-bond acceptors (Lipinski definition) is 2. The zero-order valence-electron chi connectivity index (χ0n) is 22.6. The smallest absolute Gasteiger partial charge is 0.0450 e. The Labute approximate surface area is 234 Å². The Morgan fingerprint density at radius 2 is 1.05 bits per heavy atom. The van der Waals surface area contributed by atoms with Crippen molar-refractivity contribution in [3.8, 4) is 44.5 Å². The van der Waals surface area contributed by atoms with Gasteiger partial charge in [0.2, 0.25) is 0 Å². The average Bonchev–Trinajstić information content (AvgIpc) is 3.01. The highest BCUT2D eigenvalue weighted by Gasteiger charge is 2.18. The highest BCUT2D eigenvalue weighted by Crippen LogP contribution is 2.45. The Morgan fingerprint density at radius 1 is 0.450 bits per heavy atom. The van der Waals surface area contributed by atoms with Crippen LogP contribution in [0.1, 0.15) is 11.3 Å². The molecule has 2 heterocycles. The third kappa shape index (κ3) is 4.06. The van der Waals surface area contributed by atoms with E-state index in [2.05, 4.69) is 127 Å². The van der Waals surface area contributed by atoms with Crippen molar-refractivity contribution in [1.82, 2.24) is 9.97 Å². The van der Waals surface area contributed by atoms with E-state index in [1.807, 2.05) is 30.7 Å². The van der Waals surface area contributed by atoms with Gasteiger partial charge in [0.15, 0.2) is 0 Å². The van der Waals surface area contributed by atoms with E-state index >= 15 is 0 Å². The molecule has 190 valence electrons. The number of rotatable bonds is 4. The van der Waals surface area contributed by atoms with Gasteiger partial charge in [-0.1, -0.05) is 103 Å².